The molecular weight excluding hydrogens is 471 g/mol. The van der Waals surface area contributed by atoms with Gasteiger partial charge in [-0.25, -0.2) is 0 Å². The third-order valence-corrected chi connectivity index (χ3v) is 5.45. The second-order valence-electron chi connectivity index (χ2n) is 7.32. The number of aliphatic imine (C=N–C) groups is 1. The van der Waals surface area contributed by atoms with Crippen LogP contribution in [0, 0.1) is 5.41 Å². The van der Waals surface area contributed by atoms with Gasteiger partial charge in [-0.05, 0) is 30.5 Å². The second-order valence-corrected chi connectivity index (χ2v) is 7.32. The Morgan fingerprint density at radius 1 is 1.14 bits per heavy atom. The van der Waals surface area contributed by atoms with E-state index in [4.69, 9.17) is 9.47 Å². The average molecular weight is 504 g/mol. The zero-order valence-electron chi connectivity index (χ0n) is 16.7. The molecule has 0 saturated carbocycles. The maximum Gasteiger partial charge on any atom is 0.191 e. The Morgan fingerprint density at radius 2 is 1.89 bits per heavy atom. The molecule has 0 radical (unpaired) electrons. The Bertz CT molecular complexity index is 600. The highest BCUT2D eigenvalue weighted by molar-refractivity contribution is 14.0. The van der Waals surface area contributed by atoms with Gasteiger partial charge in [0.2, 0.25) is 0 Å². The molecule has 1 aromatic rings. The van der Waals surface area contributed by atoms with Crippen molar-refractivity contribution < 1.29 is 14.6 Å². The first-order chi connectivity index (χ1) is 13.2. The summed E-state index contributed by atoms with van der Waals surface area (Å²) in [6.45, 7) is 6.62. The van der Waals surface area contributed by atoms with Crippen molar-refractivity contribution in [3.8, 4) is 0 Å². The van der Waals surface area contributed by atoms with Gasteiger partial charge in [0.25, 0.3) is 0 Å². The molecule has 2 heterocycles. The van der Waals surface area contributed by atoms with Crippen molar-refractivity contribution >= 4 is 35.6 Å². The molecule has 158 valence electrons. The van der Waals surface area contributed by atoms with E-state index in [-0.39, 0.29) is 36.0 Å². The van der Waals surface area contributed by atoms with Gasteiger partial charge in [-0.15, -0.1) is 24.0 Å². The van der Waals surface area contributed by atoms with Crippen molar-refractivity contribution in [1.82, 2.24) is 10.6 Å². The highest BCUT2D eigenvalue weighted by Crippen LogP contribution is 2.31. The maximum absolute atomic E-state index is 9.34. The van der Waals surface area contributed by atoms with Gasteiger partial charge in [0.05, 0.1) is 19.8 Å². The molecule has 2 fully saturated rings. The van der Waals surface area contributed by atoms with Crippen LogP contribution in [0.5, 0.6) is 0 Å². The van der Waals surface area contributed by atoms with Crippen LogP contribution in [-0.4, -0.2) is 70.8 Å². The zero-order valence-corrected chi connectivity index (χ0v) is 19.0. The molecule has 0 bridgehead atoms. The topological polar surface area (TPSA) is 78.4 Å². The highest BCUT2D eigenvalue weighted by Gasteiger charge is 2.34. The number of anilines is 1. The van der Waals surface area contributed by atoms with Gasteiger partial charge < -0.3 is 30.1 Å². The summed E-state index contributed by atoms with van der Waals surface area (Å²) in [6, 6.07) is 8.65. The summed E-state index contributed by atoms with van der Waals surface area (Å²) in [5.74, 6) is 0.775. The third kappa shape index (κ3) is 6.47. The van der Waals surface area contributed by atoms with Gasteiger partial charge in [0, 0.05) is 57.5 Å². The Balaban J connectivity index is 0.00000280. The van der Waals surface area contributed by atoms with Crippen LogP contribution in [0.3, 0.4) is 0 Å². The second kappa shape index (κ2) is 11.8. The number of benzene rings is 1. The number of aliphatic hydroxyl groups is 1. The minimum Gasteiger partial charge on any atom is -0.396 e. The molecule has 1 unspecified atom stereocenters. The third-order valence-electron chi connectivity index (χ3n) is 5.45. The van der Waals surface area contributed by atoms with Crippen LogP contribution < -0.4 is 15.5 Å². The van der Waals surface area contributed by atoms with Crippen LogP contribution in [0.15, 0.2) is 29.3 Å². The molecule has 7 nitrogen and oxygen atoms in total. The molecule has 1 aromatic carbocycles. The molecule has 2 aliphatic rings. The van der Waals surface area contributed by atoms with Crippen LogP contribution in [0.4, 0.5) is 5.69 Å². The Kier molecular flexibility index (Phi) is 9.76. The average Bonchev–Trinajstić information content (AvgIpc) is 3.18. The van der Waals surface area contributed by atoms with Gasteiger partial charge in [0.15, 0.2) is 5.96 Å². The molecular formula is C20H33IN4O3. The van der Waals surface area contributed by atoms with Crippen LogP contribution in [0.25, 0.3) is 0 Å². The number of guanidine groups is 1. The van der Waals surface area contributed by atoms with Crippen molar-refractivity contribution in [1.29, 1.82) is 0 Å². The monoisotopic (exact) mass is 504 g/mol. The number of nitrogens with zero attached hydrogens (tertiary/aromatic N) is 2. The molecule has 1 atom stereocenters. The number of halogens is 1. The number of hydrogen-bond donors (Lipinski definition) is 3. The number of hydrogen-bond acceptors (Lipinski definition) is 5. The standard InChI is InChI=1S/C20H32N4O3.HI/c1-21-19(23-15-20(6-10-25)7-11-27-16-20)22-14-17-2-4-18(5-3-17)24-8-12-26-13-9-24;/h2-5,25H,6-16H2,1H3,(H2,21,22,23);1H. The van der Waals surface area contributed by atoms with Crippen LogP contribution in [0.1, 0.15) is 18.4 Å². The lowest BCUT2D eigenvalue weighted by Gasteiger charge is -2.29. The first kappa shape index (κ1) is 23.2. The summed E-state index contributed by atoms with van der Waals surface area (Å²) in [4.78, 5) is 6.67. The minimum atomic E-state index is 0. The number of nitrogens with one attached hydrogen (secondary N) is 2. The van der Waals surface area contributed by atoms with Crippen molar-refractivity contribution in [2.45, 2.75) is 19.4 Å². The molecule has 28 heavy (non-hydrogen) atoms. The van der Waals surface area contributed by atoms with Crippen LogP contribution in [0.2, 0.25) is 0 Å². The van der Waals surface area contributed by atoms with E-state index in [2.05, 4.69) is 44.8 Å². The maximum atomic E-state index is 9.34. The number of rotatable bonds is 7. The predicted molar refractivity (Wildman–Crippen MR) is 123 cm³/mol. The fourth-order valence-corrected chi connectivity index (χ4v) is 3.64. The lowest BCUT2D eigenvalue weighted by Crippen LogP contribution is -2.44. The molecule has 0 aliphatic carbocycles. The van der Waals surface area contributed by atoms with Gasteiger partial charge in [0.1, 0.15) is 0 Å². The Labute approximate surface area is 184 Å². The van der Waals surface area contributed by atoms with Crippen LogP contribution in [-0.2, 0) is 16.0 Å². The smallest absolute Gasteiger partial charge is 0.191 e. The Hall–Kier alpha value is -1.10. The first-order valence-electron chi connectivity index (χ1n) is 9.79. The van der Waals surface area contributed by atoms with E-state index >= 15 is 0 Å². The molecule has 0 spiro atoms. The molecule has 2 aliphatic heterocycles. The quantitative estimate of drug-likeness (QED) is 0.298. The zero-order chi connectivity index (χ0) is 19.0. The summed E-state index contributed by atoms with van der Waals surface area (Å²) >= 11 is 0. The van der Waals surface area contributed by atoms with Crippen molar-refractivity contribution in [3.05, 3.63) is 29.8 Å². The van der Waals surface area contributed by atoms with E-state index in [9.17, 15) is 5.11 Å². The summed E-state index contributed by atoms with van der Waals surface area (Å²) in [7, 11) is 1.78. The number of morpholine rings is 1. The van der Waals surface area contributed by atoms with Crippen LogP contribution >= 0.6 is 24.0 Å². The van der Waals surface area contributed by atoms with Gasteiger partial charge in [-0.1, -0.05) is 12.1 Å². The minimum absolute atomic E-state index is 0. The summed E-state index contributed by atoms with van der Waals surface area (Å²) < 4.78 is 11.0. The van der Waals surface area contributed by atoms with E-state index in [1.807, 2.05) is 0 Å². The largest absolute Gasteiger partial charge is 0.396 e. The fourth-order valence-electron chi connectivity index (χ4n) is 3.64. The molecule has 0 aromatic heterocycles. The summed E-state index contributed by atoms with van der Waals surface area (Å²) in [5.41, 5.74) is 2.47. The van der Waals surface area contributed by atoms with Crippen molar-refractivity contribution in [3.63, 3.8) is 0 Å². The van der Waals surface area contributed by atoms with E-state index in [0.717, 1.165) is 58.3 Å². The molecule has 3 rings (SSSR count). The summed E-state index contributed by atoms with van der Waals surface area (Å²) in [6.07, 6.45) is 1.72. The number of ether oxygens (including phenoxy) is 2. The van der Waals surface area contributed by atoms with Crippen molar-refractivity contribution in [2.75, 3.05) is 64.6 Å². The van der Waals surface area contributed by atoms with E-state index in [0.29, 0.717) is 13.2 Å². The molecule has 3 N–H and O–H groups in total. The van der Waals surface area contributed by atoms with Gasteiger partial charge in [-0.2, -0.15) is 0 Å². The SMILES string of the molecule is CN=C(NCc1ccc(N2CCOCC2)cc1)NCC1(CCO)CCOC1.I. The van der Waals surface area contributed by atoms with E-state index < -0.39 is 0 Å². The normalized spacial score (nSPS) is 22.6. The van der Waals surface area contributed by atoms with Gasteiger partial charge in [-0.3, -0.25) is 4.99 Å². The Morgan fingerprint density at radius 3 is 2.50 bits per heavy atom. The summed E-state index contributed by atoms with van der Waals surface area (Å²) in [5, 5.41) is 16.1. The lowest BCUT2D eigenvalue weighted by atomic mass is 9.84. The van der Waals surface area contributed by atoms with Crippen molar-refractivity contribution in [2.24, 2.45) is 10.4 Å². The lowest BCUT2D eigenvalue weighted by molar-refractivity contribution is 0.122. The fraction of sp³-hybridized carbons (Fsp3) is 0.650. The molecule has 8 heteroatoms. The van der Waals surface area contributed by atoms with E-state index in [1.54, 1.807) is 7.05 Å². The number of aliphatic hydroxyl groups excluding tert-OH is 1. The molecule has 0 amide bonds. The molecule has 2 saturated heterocycles. The predicted octanol–water partition coefficient (Wildman–Crippen LogP) is 1.60. The first-order valence-corrected chi connectivity index (χ1v) is 9.79. The highest BCUT2D eigenvalue weighted by atomic mass is 127. The van der Waals surface area contributed by atoms with Gasteiger partial charge >= 0.3 is 0 Å². The van der Waals surface area contributed by atoms with E-state index in [1.165, 1.54) is 11.3 Å².